The molecule has 86 valence electrons. The molecule has 6 heteroatoms. The average Bonchev–Trinajstić information content (AvgIpc) is 2.26. The molecule has 0 aromatic carbocycles. The highest BCUT2D eigenvalue weighted by molar-refractivity contribution is 5.92. The van der Waals surface area contributed by atoms with Gasteiger partial charge in [0.1, 0.15) is 11.5 Å². The molecule has 0 unspecified atom stereocenters. The van der Waals surface area contributed by atoms with Crippen molar-refractivity contribution in [2.75, 3.05) is 13.6 Å². The molecule has 1 amide bonds. The van der Waals surface area contributed by atoms with E-state index < -0.39 is 17.7 Å². The Balaban J connectivity index is 2.63. The van der Waals surface area contributed by atoms with E-state index in [2.05, 4.69) is 4.98 Å². The average molecular weight is 226 g/mol. The van der Waals surface area contributed by atoms with Crippen molar-refractivity contribution in [2.24, 2.45) is 0 Å². The summed E-state index contributed by atoms with van der Waals surface area (Å²) >= 11 is 0. The third kappa shape index (κ3) is 3.30. The summed E-state index contributed by atoms with van der Waals surface area (Å²) in [5.41, 5.74) is 0.0919. The van der Waals surface area contributed by atoms with Gasteiger partial charge in [-0.05, 0) is 12.1 Å². The summed E-state index contributed by atoms with van der Waals surface area (Å²) in [6.07, 6.45) is 0.807. The Morgan fingerprint density at radius 1 is 1.50 bits per heavy atom. The van der Waals surface area contributed by atoms with Crippen molar-refractivity contribution in [1.29, 1.82) is 0 Å². The predicted molar refractivity (Wildman–Crippen MR) is 53.4 cm³/mol. The summed E-state index contributed by atoms with van der Waals surface area (Å²) in [6, 6.07) is 2.39. The first-order valence-electron chi connectivity index (χ1n) is 4.59. The highest BCUT2D eigenvalue weighted by Crippen LogP contribution is 2.02. The number of amides is 1. The lowest BCUT2D eigenvalue weighted by Crippen LogP contribution is -2.29. The van der Waals surface area contributed by atoms with Gasteiger partial charge in [-0.15, -0.1) is 0 Å². The summed E-state index contributed by atoms with van der Waals surface area (Å²) in [5.74, 6) is -1.93. The maximum Gasteiger partial charge on any atom is 0.305 e. The summed E-state index contributed by atoms with van der Waals surface area (Å²) in [6.45, 7) is 0.0905. The molecule has 0 saturated heterocycles. The van der Waals surface area contributed by atoms with Crippen LogP contribution in [0.25, 0.3) is 0 Å². The molecule has 16 heavy (non-hydrogen) atoms. The Morgan fingerprint density at radius 2 is 2.19 bits per heavy atom. The maximum atomic E-state index is 12.5. The Bertz CT molecular complexity index is 392. The van der Waals surface area contributed by atoms with Crippen LogP contribution in [0.4, 0.5) is 4.39 Å². The number of hydrogen-bond donors (Lipinski definition) is 1. The summed E-state index contributed by atoms with van der Waals surface area (Å²) in [5, 5.41) is 8.45. The fourth-order valence-corrected chi connectivity index (χ4v) is 1.06. The summed E-state index contributed by atoms with van der Waals surface area (Å²) in [4.78, 5) is 26.8. The molecule has 1 N–H and O–H groups in total. The molecule has 0 radical (unpaired) electrons. The molecule has 0 aliphatic carbocycles. The molecule has 0 fully saturated rings. The van der Waals surface area contributed by atoms with Crippen molar-refractivity contribution in [2.45, 2.75) is 6.42 Å². The zero-order valence-electron chi connectivity index (χ0n) is 8.68. The number of carboxylic acids is 1. The van der Waals surface area contributed by atoms with Crippen LogP contribution >= 0.6 is 0 Å². The molecule has 0 atom stereocenters. The Morgan fingerprint density at radius 3 is 2.69 bits per heavy atom. The van der Waals surface area contributed by atoms with Crippen molar-refractivity contribution in [3.05, 3.63) is 29.8 Å². The minimum atomic E-state index is -0.980. The minimum absolute atomic E-state index is 0.0905. The first kappa shape index (κ1) is 12.1. The molecule has 1 aromatic heterocycles. The first-order valence-corrected chi connectivity index (χ1v) is 4.59. The molecule has 0 aliphatic rings. The van der Waals surface area contributed by atoms with Gasteiger partial charge in [0.15, 0.2) is 0 Å². The molecule has 1 heterocycles. The highest BCUT2D eigenvalue weighted by Gasteiger charge is 2.13. The normalized spacial score (nSPS) is 9.88. The number of carboxylic acid groups (broad SMARTS) is 1. The van der Waals surface area contributed by atoms with Crippen LogP contribution in [0.3, 0.4) is 0 Å². The second-order valence-corrected chi connectivity index (χ2v) is 3.23. The number of aliphatic carboxylic acids is 1. The van der Waals surface area contributed by atoms with Crippen LogP contribution in [0, 0.1) is 5.82 Å². The Hall–Kier alpha value is -1.98. The fourth-order valence-electron chi connectivity index (χ4n) is 1.06. The molecular formula is C10H11FN2O3. The third-order valence-corrected chi connectivity index (χ3v) is 1.95. The van der Waals surface area contributed by atoms with Crippen LogP contribution in [-0.2, 0) is 4.79 Å². The lowest BCUT2D eigenvalue weighted by atomic mass is 10.3. The minimum Gasteiger partial charge on any atom is -0.481 e. The highest BCUT2D eigenvalue weighted by atomic mass is 19.1. The third-order valence-electron chi connectivity index (χ3n) is 1.95. The monoisotopic (exact) mass is 226 g/mol. The molecule has 0 saturated carbocycles. The van der Waals surface area contributed by atoms with Gasteiger partial charge in [-0.25, -0.2) is 9.37 Å². The van der Waals surface area contributed by atoms with Crippen LogP contribution in [-0.4, -0.2) is 40.5 Å². The molecular weight excluding hydrogens is 215 g/mol. The maximum absolute atomic E-state index is 12.5. The van der Waals surface area contributed by atoms with Gasteiger partial charge in [-0.1, -0.05) is 0 Å². The van der Waals surface area contributed by atoms with Gasteiger partial charge in [0, 0.05) is 13.6 Å². The Kier molecular flexibility index (Phi) is 3.93. The van der Waals surface area contributed by atoms with E-state index in [0.29, 0.717) is 0 Å². The number of carbonyl (C=O) groups is 2. The van der Waals surface area contributed by atoms with Gasteiger partial charge in [0.25, 0.3) is 5.91 Å². The number of carbonyl (C=O) groups excluding carboxylic acids is 1. The van der Waals surface area contributed by atoms with E-state index >= 15 is 0 Å². The molecule has 1 aromatic rings. The van der Waals surface area contributed by atoms with Crippen LogP contribution in [0.1, 0.15) is 16.9 Å². The lowest BCUT2D eigenvalue weighted by molar-refractivity contribution is -0.137. The number of pyridine rings is 1. The van der Waals surface area contributed by atoms with E-state index in [1.165, 1.54) is 18.0 Å². The number of aromatic nitrogens is 1. The van der Waals surface area contributed by atoms with Gasteiger partial charge in [0.05, 0.1) is 12.6 Å². The van der Waals surface area contributed by atoms with Crippen LogP contribution < -0.4 is 0 Å². The van der Waals surface area contributed by atoms with Crippen molar-refractivity contribution < 1.29 is 19.1 Å². The smallest absolute Gasteiger partial charge is 0.305 e. The molecule has 0 spiro atoms. The van der Waals surface area contributed by atoms with Gasteiger partial charge >= 0.3 is 5.97 Å². The van der Waals surface area contributed by atoms with Gasteiger partial charge in [-0.2, -0.15) is 0 Å². The number of nitrogens with zero attached hydrogens (tertiary/aromatic N) is 2. The number of rotatable bonds is 4. The summed E-state index contributed by atoms with van der Waals surface area (Å²) < 4.78 is 12.5. The van der Waals surface area contributed by atoms with Crippen molar-refractivity contribution >= 4 is 11.9 Å². The molecule has 1 rings (SSSR count). The van der Waals surface area contributed by atoms with Crippen LogP contribution in [0.15, 0.2) is 18.3 Å². The second-order valence-electron chi connectivity index (χ2n) is 3.23. The largest absolute Gasteiger partial charge is 0.481 e. The Labute approximate surface area is 91.5 Å². The SMILES string of the molecule is CN(CCC(=O)O)C(=O)c1ccc(F)cn1. The standard InChI is InChI=1S/C10H11FN2O3/c1-13(5-4-9(14)15)10(16)8-3-2-7(11)6-12-8/h2-3,6H,4-5H2,1H3,(H,14,15). The van der Waals surface area contributed by atoms with Gasteiger partial charge in [0.2, 0.25) is 0 Å². The van der Waals surface area contributed by atoms with E-state index in [1.807, 2.05) is 0 Å². The van der Waals surface area contributed by atoms with E-state index in [4.69, 9.17) is 5.11 Å². The second kappa shape index (κ2) is 5.20. The number of halogens is 1. The van der Waals surface area contributed by atoms with E-state index in [0.717, 1.165) is 12.3 Å². The fraction of sp³-hybridized carbons (Fsp3) is 0.300. The molecule has 0 bridgehead atoms. The lowest BCUT2D eigenvalue weighted by Gasteiger charge is -2.15. The van der Waals surface area contributed by atoms with Crippen LogP contribution in [0.2, 0.25) is 0 Å². The number of hydrogen-bond acceptors (Lipinski definition) is 3. The van der Waals surface area contributed by atoms with Gasteiger partial charge in [-0.3, -0.25) is 9.59 Å². The first-order chi connectivity index (χ1) is 7.50. The van der Waals surface area contributed by atoms with Crippen LogP contribution in [0.5, 0.6) is 0 Å². The van der Waals surface area contributed by atoms with Crippen molar-refractivity contribution in [3.63, 3.8) is 0 Å². The zero-order chi connectivity index (χ0) is 12.1. The topological polar surface area (TPSA) is 70.5 Å². The predicted octanol–water partition coefficient (Wildman–Crippen LogP) is 0.767. The van der Waals surface area contributed by atoms with Crippen molar-refractivity contribution in [1.82, 2.24) is 9.88 Å². The zero-order valence-corrected chi connectivity index (χ0v) is 8.68. The van der Waals surface area contributed by atoms with E-state index in [-0.39, 0.29) is 18.7 Å². The summed E-state index contributed by atoms with van der Waals surface area (Å²) in [7, 11) is 1.47. The molecule has 0 aliphatic heterocycles. The van der Waals surface area contributed by atoms with E-state index in [1.54, 1.807) is 0 Å². The molecule has 5 nitrogen and oxygen atoms in total. The van der Waals surface area contributed by atoms with Crippen molar-refractivity contribution in [3.8, 4) is 0 Å². The van der Waals surface area contributed by atoms with Gasteiger partial charge < -0.3 is 10.0 Å². The quantitative estimate of drug-likeness (QED) is 0.823. The van der Waals surface area contributed by atoms with E-state index in [9.17, 15) is 14.0 Å².